The normalized spacial score (nSPS) is 18.1. The fourth-order valence-electron chi connectivity index (χ4n) is 2.49. The predicted octanol–water partition coefficient (Wildman–Crippen LogP) is 3.14. The molecule has 19 heavy (non-hydrogen) atoms. The van der Waals surface area contributed by atoms with E-state index >= 15 is 0 Å². The highest BCUT2D eigenvalue weighted by Gasteiger charge is 2.29. The first-order valence-electron chi connectivity index (χ1n) is 7.20. The van der Waals surface area contributed by atoms with Crippen LogP contribution in [0.2, 0.25) is 0 Å². The van der Waals surface area contributed by atoms with Crippen LogP contribution < -0.4 is 5.32 Å². The Bertz CT molecular complexity index is 408. The van der Waals surface area contributed by atoms with Crippen LogP contribution in [-0.2, 0) is 4.79 Å². The molecule has 1 aliphatic rings. The molecular weight excluding hydrogens is 236 g/mol. The van der Waals surface area contributed by atoms with E-state index in [-0.39, 0.29) is 5.91 Å². The number of nitrogens with one attached hydrogen (secondary N) is 1. The summed E-state index contributed by atoms with van der Waals surface area (Å²) in [5.74, 6) is 0.210. The number of benzene rings is 1. The fourth-order valence-corrected chi connectivity index (χ4v) is 2.49. The molecule has 1 aliphatic heterocycles. The monoisotopic (exact) mass is 260 g/mol. The number of carbonyl (C=O) groups excluding carboxylic acids is 1. The summed E-state index contributed by atoms with van der Waals surface area (Å²) in [6, 6.07) is 9.89. The minimum atomic E-state index is 0.210. The Balaban J connectivity index is 1.79. The summed E-state index contributed by atoms with van der Waals surface area (Å²) in [5.41, 5.74) is 1.44. The van der Waals surface area contributed by atoms with E-state index in [9.17, 15) is 4.79 Å². The van der Waals surface area contributed by atoms with Gasteiger partial charge in [-0.05, 0) is 30.4 Å². The van der Waals surface area contributed by atoms with Crippen LogP contribution in [0.4, 0.5) is 5.69 Å². The molecule has 1 aromatic rings. The van der Waals surface area contributed by atoms with Crippen LogP contribution in [0.5, 0.6) is 0 Å². The van der Waals surface area contributed by atoms with Gasteiger partial charge in [0.1, 0.15) is 0 Å². The van der Waals surface area contributed by atoms with Crippen molar-refractivity contribution in [3.05, 3.63) is 30.3 Å². The fraction of sp³-hybridized carbons (Fsp3) is 0.562. The number of anilines is 1. The van der Waals surface area contributed by atoms with Gasteiger partial charge in [-0.25, -0.2) is 0 Å². The standard InChI is InChI=1S/C16H24N2O/c1-3-16(2)9-11-18(12-10-16)15(19)13-17-14-7-5-4-6-8-14/h4-8,17H,3,9-13H2,1-2H3. The van der Waals surface area contributed by atoms with Gasteiger partial charge in [0.05, 0.1) is 6.54 Å². The average Bonchev–Trinajstić information content (AvgIpc) is 2.47. The van der Waals surface area contributed by atoms with Crippen molar-refractivity contribution in [2.24, 2.45) is 5.41 Å². The van der Waals surface area contributed by atoms with Gasteiger partial charge in [-0.2, -0.15) is 0 Å². The van der Waals surface area contributed by atoms with E-state index in [0.29, 0.717) is 12.0 Å². The number of para-hydroxylation sites is 1. The predicted molar refractivity (Wildman–Crippen MR) is 79.1 cm³/mol. The molecule has 2 rings (SSSR count). The van der Waals surface area contributed by atoms with Crippen molar-refractivity contribution >= 4 is 11.6 Å². The van der Waals surface area contributed by atoms with Crippen LogP contribution in [0.3, 0.4) is 0 Å². The Kier molecular flexibility index (Phi) is 4.46. The van der Waals surface area contributed by atoms with E-state index in [1.807, 2.05) is 35.2 Å². The van der Waals surface area contributed by atoms with Crippen molar-refractivity contribution in [2.45, 2.75) is 33.1 Å². The Morgan fingerprint density at radius 1 is 1.26 bits per heavy atom. The van der Waals surface area contributed by atoms with Gasteiger partial charge in [0.2, 0.25) is 5.91 Å². The van der Waals surface area contributed by atoms with Crippen LogP contribution in [-0.4, -0.2) is 30.4 Å². The second-order valence-electron chi connectivity index (χ2n) is 5.76. The van der Waals surface area contributed by atoms with Gasteiger partial charge >= 0.3 is 0 Å². The number of carbonyl (C=O) groups is 1. The molecule has 1 amide bonds. The van der Waals surface area contributed by atoms with Gasteiger partial charge in [-0.3, -0.25) is 4.79 Å². The molecule has 3 heteroatoms. The molecule has 0 saturated carbocycles. The zero-order valence-electron chi connectivity index (χ0n) is 12.0. The molecule has 1 heterocycles. The van der Waals surface area contributed by atoms with Crippen molar-refractivity contribution in [1.82, 2.24) is 4.90 Å². The van der Waals surface area contributed by atoms with Gasteiger partial charge < -0.3 is 10.2 Å². The van der Waals surface area contributed by atoms with E-state index in [1.54, 1.807) is 0 Å². The van der Waals surface area contributed by atoms with Crippen LogP contribution >= 0.6 is 0 Å². The molecular formula is C16H24N2O. The third kappa shape index (κ3) is 3.72. The molecule has 104 valence electrons. The molecule has 0 radical (unpaired) electrons. The highest BCUT2D eigenvalue weighted by atomic mass is 16.2. The Morgan fingerprint density at radius 3 is 2.47 bits per heavy atom. The van der Waals surface area contributed by atoms with Crippen LogP contribution in [0.25, 0.3) is 0 Å². The SMILES string of the molecule is CCC1(C)CCN(C(=O)CNc2ccccc2)CC1. The Labute approximate surface area is 116 Å². The maximum atomic E-state index is 12.1. The molecule has 1 saturated heterocycles. The summed E-state index contributed by atoms with van der Waals surface area (Å²) in [6.45, 7) is 6.78. The van der Waals surface area contributed by atoms with Crippen molar-refractivity contribution < 1.29 is 4.79 Å². The van der Waals surface area contributed by atoms with Gasteiger partial charge in [0, 0.05) is 18.8 Å². The van der Waals surface area contributed by atoms with Gasteiger partial charge in [0.15, 0.2) is 0 Å². The maximum absolute atomic E-state index is 12.1. The van der Waals surface area contributed by atoms with Crippen molar-refractivity contribution in [1.29, 1.82) is 0 Å². The molecule has 0 unspecified atom stereocenters. The average molecular weight is 260 g/mol. The number of amides is 1. The van der Waals surface area contributed by atoms with Crippen molar-refractivity contribution in [3.63, 3.8) is 0 Å². The molecule has 1 fully saturated rings. The molecule has 0 atom stereocenters. The van der Waals surface area contributed by atoms with E-state index in [4.69, 9.17) is 0 Å². The van der Waals surface area contributed by atoms with E-state index in [2.05, 4.69) is 19.2 Å². The number of hydrogen-bond acceptors (Lipinski definition) is 2. The lowest BCUT2D eigenvalue weighted by atomic mass is 9.78. The number of hydrogen-bond donors (Lipinski definition) is 1. The summed E-state index contributed by atoms with van der Waals surface area (Å²) < 4.78 is 0. The first kappa shape index (κ1) is 13.9. The summed E-state index contributed by atoms with van der Waals surface area (Å²) in [6.07, 6.45) is 3.46. The maximum Gasteiger partial charge on any atom is 0.241 e. The zero-order chi connectivity index (χ0) is 13.7. The second kappa shape index (κ2) is 6.09. The van der Waals surface area contributed by atoms with Gasteiger partial charge in [0.25, 0.3) is 0 Å². The van der Waals surface area contributed by atoms with E-state index < -0.39 is 0 Å². The van der Waals surface area contributed by atoms with Crippen LogP contribution in [0, 0.1) is 5.41 Å². The lowest BCUT2D eigenvalue weighted by Crippen LogP contribution is -2.44. The molecule has 1 N–H and O–H groups in total. The smallest absolute Gasteiger partial charge is 0.241 e. The highest BCUT2D eigenvalue weighted by Crippen LogP contribution is 2.33. The molecule has 0 aliphatic carbocycles. The summed E-state index contributed by atoms with van der Waals surface area (Å²) in [7, 11) is 0. The summed E-state index contributed by atoms with van der Waals surface area (Å²) in [4.78, 5) is 14.1. The number of nitrogens with zero attached hydrogens (tertiary/aromatic N) is 1. The first-order valence-corrected chi connectivity index (χ1v) is 7.20. The molecule has 1 aromatic carbocycles. The molecule has 3 nitrogen and oxygen atoms in total. The van der Waals surface area contributed by atoms with E-state index in [1.165, 1.54) is 6.42 Å². The highest BCUT2D eigenvalue weighted by molar-refractivity contribution is 5.80. The second-order valence-corrected chi connectivity index (χ2v) is 5.76. The van der Waals surface area contributed by atoms with Crippen LogP contribution in [0.15, 0.2) is 30.3 Å². The third-order valence-corrected chi connectivity index (χ3v) is 4.39. The van der Waals surface area contributed by atoms with E-state index in [0.717, 1.165) is 31.6 Å². The van der Waals surface area contributed by atoms with Gasteiger partial charge in [-0.15, -0.1) is 0 Å². The van der Waals surface area contributed by atoms with Gasteiger partial charge in [-0.1, -0.05) is 38.5 Å². The number of rotatable bonds is 4. The minimum Gasteiger partial charge on any atom is -0.376 e. The topological polar surface area (TPSA) is 32.3 Å². The summed E-state index contributed by atoms with van der Waals surface area (Å²) >= 11 is 0. The quantitative estimate of drug-likeness (QED) is 0.902. The Hall–Kier alpha value is -1.51. The molecule has 0 aromatic heterocycles. The lowest BCUT2D eigenvalue weighted by molar-refractivity contribution is -0.131. The third-order valence-electron chi connectivity index (χ3n) is 4.39. The molecule has 0 spiro atoms. The Morgan fingerprint density at radius 2 is 1.89 bits per heavy atom. The first-order chi connectivity index (χ1) is 9.13. The van der Waals surface area contributed by atoms with Crippen molar-refractivity contribution in [3.8, 4) is 0 Å². The summed E-state index contributed by atoms with van der Waals surface area (Å²) in [5, 5.41) is 3.19. The zero-order valence-corrected chi connectivity index (χ0v) is 12.0. The largest absolute Gasteiger partial charge is 0.376 e. The lowest BCUT2D eigenvalue weighted by Gasteiger charge is -2.39. The number of piperidine rings is 1. The minimum absolute atomic E-state index is 0.210. The molecule has 0 bridgehead atoms. The van der Waals surface area contributed by atoms with Crippen molar-refractivity contribution in [2.75, 3.05) is 25.0 Å². The van der Waals surface area contributed by atoms with Crippen LogP contribution in [0.1, 0.15) is 33.1 Å². The number of likely N-dealkylation sites (tertiary alicyclic amines) is 1.